The van der Waals surface area contributed by atoms with Crippen molar-refractivity contribution in [2.45, 2.75) is 13.3 Å². The largest absolute Gasteiger partial charge is 0.338 e. The molecule has 2 aliphatic rings. The Bertz CT molecular complexity index is 648. The molecule has 0 saturated carbocycles. The average Bonchev–Trinajstić information content (AvgIpc) is 3.04. The Kier molecular flexibility index (Phi) is 4.10. The summed E-state index contributed by atoms with van der Waals surface area (Å²) < 4.78 is 0. The van der Waals surface area contributed by atoms with Crippen molar-refractivity contribution in [3.63, 3.8) is 0 Å². The van der Waals surface area contributed by atoms with Gasteiger partial charge in [-0.1, -0.05) is 24.6 Å². The summed E-state index contributed by atoms with van der Waals surface area (Å²) in [6.45, 7) is 7.97. The number of halogens is 1. The van der Waals surface area contributed by atoms with Crippen LogP contribution in [0.25, 0.3) is 0 Å². The fraction of sp³-hybridized carbons (Fsp3) is 0.500. The maximum atomic E-state index is 12.8. The molecule has 7 heteroatoms. The second-order valence-corrected chi connectivity index (χ2v) is 6.69. The van der Waals surface area contributed by atoms with Crippen molar-refractivity contribution in [1.82, 2.24) is 19.8 Å². The van der Waals surface area contributed by atoms with Gasteiger partial charge >= 0.3 is 0 Å². The third kappa shape index (κ3) is 2.61. The van der Waals surface area contributed by atoms with Gasteiger partial charge in [-0.3, -0.25) is 9.59 Å². The monoisotopic (exact) mass is 334 g/mol. The Morgan fingerprint density at radius 2 is 2.22 bits per heavy atom. The van der Waals surface area contributed by atoms with Gasteiger partial charge in [0.15, 0.2) is 0 Å². The number of rotatable bonds is 3. The molecule has 2 amide bonds. The summed E-state index contributed by atoms with van der Waals surface area (Å²) >= 11 is 5.75. The average molecular weight is 335 g/mol. The maximum Gasteiger partial charge on any atom is 0.291 e. The minimum absolute atomic E-state index is 0.112. The van der Waals surface area contributed by atoms with Crippen LogP contribution in [0.4, 0.5) is 0 Å². The minimum atomic E-state index is -0.481. The van der Waals surface area contributed by atoms with Gasteiger partial charge in [0.25, 0.3) is 5.91 Å². The first-order valence-corrected chi connectivity index (χ1v) is 8.03. The highest BCUT2D eigenvalue weighted by atomic mass is 35.5. The molecule has 0 aromatic carbocycles. The van der Waals surface area contributed by atoms with Crippen molar-refractivity contribution in [2.24, 2.45) is 11.3 Å². The Balaban J connectivity index is 1.78. The Morgan fingerprint density at radius 1 is 1.52 bits per heavy atom. The van der Waals surface area contributed by atoms with Gasteiger partial charge in [-0.2, -0.15) is 0 Å². The van der Waals surface area contributed by atoms with Crippen LogP contribution in [-0.2, 0) is 4.79 Å². The quantitative estimate of drug-likeness (QED) is 0.788. The van der Waals surface area contributed by atoms with E-state index in [1.807, 2.05) is 11.8 Å². The van der Waals surface area contributed by atoms with Gasteiger partial charge in [0.2, 0.25) is 11.7 Å². The van der Waals surface area contributed by atoms with Crippen molar-refractivity contribution in [3.8, 4) is 0 Å². The van der Waals surface area contributed by atoms with E-state index in [4.69, 9.17) is 11.6 Å². The summed E-state index contributed by atoms with van der Waals surface area (Å²) in [5, 5.41) is 0.388. The Morgan fingerprint density at radius 3 is 2.87 bits per heavy atom. The molecule has 0 N–H and O–H groups in total. The highest BCUT2D eigenvalue weighted by Gasteiger charge is 2.55. The number of carbonyl (C=O) groups excluding carboxylic acids is 2. The highest BCUT2D eigenvalue weighted by molar-refractivity contribution is 6.30. The number of likely N-dealkylation sites (tertiary alicyclic amines) is 2. The van der Waals surface area contributed by atoms with Crippen molar-refractivity contribution in [2.75, 3.05) is 26.2 Å². The predicted molar refractivity (Wildman–Crippen MR) is 85.9 cm³/mol. The molecule has 23 heavy (non-hydrogen) atoms. The summed E-state index contributed by atoms with van der Waals surface area (Å²) in [4.78, 5) is 36.8. The van der Waals surface area contributed by atoms with Gasteiger partial charge in [0.1, 0.15) is 0 Å². The molecular formula is C16H19ClN4O2. The van der Waals surface area contributed by atoms with Crippen LogP contribution in [-0.4, -0.2) is 57.8 Å². The van der Waals surface area contributed by atoms with Crippen LogP contribution in [0.1, 0.15) is 24.0 Å². The van der Waals surface area contributed by atoms with E-state index in [9.17, 15) is 9.59 Å². The highest BCUT2D eigenvalue weighted by Crippen LogP contribution is 2.44. The molecule has 1 spiro atoms. The van der Waals surface area contributed by atoms with Gasteiger partial charge in [0, 0.05) is 38.6 Å². The predicted octanol–water partition coefficient (Wildman–Crippen LogP) is 1.63. The van der Waals surface area contributed by atoms with Gasteiger partial charge in [-0.25, -0.2) is 9.97 Å². The molecule has 1 aromatic heterocycles. The lowest BCUT2D eigenvalue weighted by Gasteiger charge is -2.26. The summed E-state index contributed by atoms with van der Waals surface area (Å²) in [5.41, 5.74) is -0.481. The number of hydrogen-bond donors (Lipinski definition) is 0. The Labute approximate surface area is 140 Å². The second kappa shape index (κ2) is 5.92. The molecule has 6 nitrogen and oxygen atoms in total. The van der Waals surface area contributed by atoms with E-state index in [1.165, 1.54) is 12.4 Å². The number of amides is 2. The Hall–Kier alpha value is -1.95. The molecule has 3 heterocycles. The molecule has 0 radical (unpaired) electrons. The second-order valence-electron chi connectivity index (χ2n) is 6.26. The van der Waals surface area contributed by atoms with E-state index >= 15 is 0 Å². The third-order valence-corrected chi connectivity index (χ3v) is 5.10. The van der Waals surface area contributed by atoms with Gasteiger partial charge in [0.05, 0.1) is 10.4 Å². The third-order valence-electron chi connectivity index (χ3n) is 4.90. The molecule has 2 fully saturated rings. The minimum Gasteiger partial charge on any atom is -0.338 e. The molecule has 2 saturated heterocycles. The van der Waals surface area contributed by atoms with Crippen LogP contribution >= 0.6 is 11.6 Å². The number of aromatic nitrogens is 2. The molecule has 3 rings (SSSR count). The van der Waals surface area contributed by atoms with Gasteiger partial charge in [-0.05, 0) is 12.3 Å². The summed E-state index contributed by atoms with van der Waals surface area (Å²) in [6.07, 6.45) is 5.32. The molecule has 1 aromatic rings. The summed E-state index contributed by atoms with van der Waals surface area (Å²) in [7, 11) is 0. The van der Waals surface area contributed by atoms with E-state index in [-0.39, 0.29) is 23.6 Å². The van der Waals surface area contributed by atoms with E-state index in [1.54, 1.807) is 11.0 Å². The standard InChI is InChI=1S/C16H19ClN4O2/c1-3-5-20-6-4-16(15(20)23)10-21(9-11(16)2)14(22)13-18-7-12(17)8-19-13/h3,7-8,11H,1,4-6,9-10H2,2H3/t11-,16-/m1/s1. The van der Waals surface area contributed by atoms with E-state index in [0.29, 0.717) is 31.2 Å². The SMILES string of the molecule is C=CCN1CC[C@]2(CN(C(=O)c3ncc(Cl)cn3)C[C@H]2C)C1=O. The number of carbonyl (C=O) groups is 2. The van der Waals surface area contributed by atoms with E-state index in [2.05, 4.69) is 16.5 Å². The molecule has 0 aliphatic carbocycles. The normalized spacial score (nSPS) is 27.0. The molecule has 0 bridgehead atoms. The van der Waals surface area contributed by atoms with Crippen LogP contribution < -0.4 is 0 Å². The summed E-state index contributed by atoms with van der Waals surface area (Å²) in [5.74, 6) is 0.102. The van der Waals surface area contributed by atoms with Gasteiger partial charge in [-0.15, -0.1) is 6.58 Å². The van der Waals surface area contributed by atoms with Crippen LogP contribution in [0.5, 0.6) is 0 Å². The molecule has 2 aliphatic heterocycles. The molecule has 122 valence electrons. The number of hydrogen-bond acceptors (Lipinski definition) is 4. The zero-order chi connectivity index (χ0) is 16.6. The topological polar surface area (TPSA) is 66.4 Å². The van der Waals surface area contributed by atoms with Crippen molar-refractivity contribution in [1.29, 1.82) is 0 Å². The molecule has 2 atom stereocenters. The summed E-state index contributed by atoms with van der Waals surface area (Å²) in [6, 6.07) is 0. The van der Waals surface area contributed by atoms with Crippen molar-refractivity contribution < 1.29 is 9.59 Å². The zero-order valence-electron chi connectivity index (χ0n) is 13.0. The van der Waals surface area contributed by atoms with Crippen LogP contribution in [0, 0.1) is 11.3 Å². The van der Waals surface area contributed by atoms with E-state index in [0.717, 1.165) is 6.42 Å². The molecule has 0 unspecified atom stereocenters. The van der Waals surface area contributed by atoms with Crippen LogP contribution in [0.15, 0.2) is 25.0 Å². The van der Waals surface area contributed by atoms with Crippen LogP contribution in [0.2, 0.25) is 5.02 Å². The molecular weight excluding hydrogens is 316 g/mol. The first-order valence-electron chi connectivity index (χ1n) is 7.65. The first kappa shape index (κ1) is 15.9. The lowest BCUT2D eigenvalue weighted by molar-refractivity contribution is -0.136. The lowest BCUT2D eigenvalue weighted by atomic mass is 9.78. The van der Waals surface area contributed by atoms with E-state index < -0.39 is 5.41 Å². The lowest BCUT2D eigenvalue weighted by Crippen LogP contribution is -2.40. The smallest absolute Gasteiger partial charge is 0.291 e. The fourth-order valence-electron chi connectivity index (χ4n) is 3.58. The van der Waals surface area contributed by atoms with Crippen molar-refractivity contribution >= 4 is 23.4 Å². The maximum absolute atomic E-state index is 12.8. The fourth-order valence-corrected chi connectivity index (χ4v) is 3.67. The first-order chi connectivity index (χ1) is 11.0. The van der Waals surface area contributed by atoms with Gasteiger partial charge < -0.3 is 9.80 Å². The van der Waals surface area contributed by atoms with Crippen LogP contribution in [0.3, 0.4) is 0 Å². The van der Waals surface area contributed by atoms with Crippen molar-refractivity contribution in [3.05, 3.63) is 35.9 Å². The number of nitrogens with zero attached hydrogens (tertiary/aromatic N) is 4. The zero-order valence-corrected chi connectivity index (χ0v) is 13.8.